The third-order valence-electron chi connectivity index (χ3n) is 6.84. The van der Waals surface area contributed by atoms with Gasteiger partial charge in [-0.15, -0.1) is 0 Å². The number of fused-ring (bicyclic) bond motifs is 1. The molecule has 0 radical (unpaired) electrons. The number of rotatable bonds is 3. The van der Waals surface area contributed by atoms with Crippen LogP contribution >= 0.6 is 0 Å². The van der Waals surface area contributed by atoms with Gasteiger partial charge in [-0.1, -0.05) is 44.0 Å². The Kier molecular flexibility index (Phi) is 5.26. The van der Waals surface area contributed by atoms with Crippen LogP contribution in [0.5, 0.6) is 0 Å². The van der Waals surface area contributed by atoms with E-state index >= 15 is 0 Å². The fraction of sp³-hybridized carbons (Fsp3) is 0.545. The predicted molar refractivity (Wildman–Crippen MR) is 107 cm³/mol. The molecule has 2 heterocycles. The van der Waals surface area contributed by atoms with E-state index in [2.05, 4.69) is 5.32 Å². The molecule has 8 heteroatoms. The summed E-state index contributed by atoms with van der Waals surface area (Å²) >= 11 is 0. The number of ether oxygens (including phenoxy) is 1. The Morgan fingerprint density at radius 3 is 2.63 bits per heavy atom. The molecule has 8 nitrogen and oxygen atoms in total. The summed E-state index contributed by atoms with van der Waals surface area (Å²) in [5.74, 6) is -1.26. The number of methoxy groups -OCH3 is 1. The number of benzene rings is 1. The summed E-state index contributed by atoms with van der Waals surface area (Å²) in [6, 6.07) is 6.30. The Morgan fingerprint density at radius 1 is 1.20 bits per heavy atom. The second kappa shape index (κ2) is 7.74. The van der Waals surface area contributed by atoms with Gasteiger partial charge in [0, 0.05) is 13.0 Å². The fourth-order valence-electron chi connectivity index (χ4n) is 5.00. The lowest BCUT2D eigenvalue weighted by atomic mass is 9.73. The summed E-state index contributed by atoms with van der Waals surface area (Å²) < 4.78 is 4.91. The number of carbonyl (C=O) groups excluding carboxylic acids is 4. The van der Waals surface area contributed by atoms with Crippen LogP contribution in [0.1, 0.15) is 43.7 Å². The number of nitrogens with zero attached hydrogens (tertiary/aromatic N) is 2. The molecular formula is C22H27N3O5. The van der Waals surface area contributed by atoms with Gasteiger partial charge in [-0.2, -0.15) is 0 Å². The maximum absolute atomic E-state index is 13.2. The maximum atomic E-state index is 13.2. The molecule has 30 heavy (non-hydrogen) atoms. The van der Waals surface area contributed by atoms with Gasteiger partial charge in [0.25, 0.3) is 5.91 Å². The van der Waals surface area contributed by atoms with Crippen LogP contribution in [-0.2, 0) is 32.1 Å². The molecule has 1 aliphatic carbocycles. The summed E-state index contributed by atoms with van der Waals surface area (Å²) in [5.41, 5.74) is 1.02. The molecule has 4 rings (SSSR count). The third kappa shape index (κ3) is 3.24. The van der Waals surface area contributed by atoms with Crippen LogP contribution in [0.2, 0.25) is 0 Å². The third-order valence-corrected chi connectivity index (χ3v) is 6.84. The molecule has 1 aromatic carbocycles. The zero-order valence-corrected chi connectivity index (χ0v) is 17.3. The number of amides is 4. The minimum atomic E-state index is -0.911. The molecule has 3 aliphatic rings. The molecule has 1 spiro atoms. The number of hydrogen-bond acceptors (Lipinski definition) is 5. The SMILES string of the molecule is COC(=O)[C@H]1Cc2ccccc2CN1C(=O)CN1C(=O)N[C@@]2(CCCC[C@@H]2C)C1=O. The van der Waals surface area contributed by atoms with Gasteiger partial charge < -0.3 is 15.0 Å². The highest BCUT2D eigenvalue weighted by molar-refractivity contribution is 6.09. The van der Waals surface area contributed by atoms with E-state index in [1.54, 1.807) is 0 Å². The van der Waals surface area contributed by atoms with Gasteiger partial charge in [-0.3, -0.25) is 14.5 Å². The Labute approximate surface area is 175 Å². The number of nitrogens with one attached hydrogen (secondary N) is 1. The number of hydrogen-bond donors (Lipinski definition) is 1. The van der Waals surface area contributed by atoms with Gasteiger partial charge in [-0.25, -0.2) is 9.59 Å². The van der Waals surface area contributed by atoms with E-state index in [4.69, 9.17) is 4.74 Å². The first-order valence-corrected chi connectivity index (χ1v) is 10.5. The van der Waals surface area contributed by atoms with Crippen LogP contribution in [0.3, 0.4) is 0 Å². The van der Waals surface area contributed by atoms with E-state index in [1.165, 1.54) is 12.0 Å². The van der Waals surface area contributed by atoms with E-state index in [1.807, 2.05) is 31.2 Å². The Hall–Kier alpha value is -2.90. The normalized spacial score (nSPS) is 28.3. The molecule has 2 aliphatic heterocycles. The quantitative estimate of drug-likeness (QED) is 0.600. The maximum Gasteiger partial charge on any atom is 0.328 e. The topological polar surface area (TPSA) is 96.0 Å². The van der Waals surface area contributed by atoms with Crippen molar-refractivity contribution in [3.05, 3.63) is 35.4 Å². The molecule has 4 amide bonds. The smallest absolute Gasteiger partial charge is 0.328 e. The first-order chi connectivity index (χ1) is 14.4. The highest BCUT2D eigenvalue weighted by Crippen LogP contribution is 2.38. The summed E-state index contributed by atoms with van der Waals surface area (Å²) in [4.78, 5) is 53.8. The van der Waals surface area contributed by atoms with Crippen LogP contribution in [-0.4, -0.2) is 58.8 Å². The van der Waals surface area contributed by atoms with Crippen molar-refractivity contribution in [1.82, 2.24) is 15.1 Å². The van der Waals surface area contributed by atoms with Crippen molar-refractivity contribution >= 4 is 23.8 Å². The average Bonchev–Trinajstić information content (AvgIpc) is 2.99. The Bertz CT molecular complexity index is 901. The monoisotopic (exact) mass is 413 g/mol. The van der Waals surface area contributed by atoms with Crippen LogP contribution < -0.4 is 5.32 Å². The average molecular weight is 413 g/mol. The molecule has 1 saturated heterocycles. The molecule has 160 valence electrons. The van der Waals surface area contributed by atoms with E-state index in [9.17, 15) is 19.2 Å². The number of urea groups is 1. The lowest BCUT2D eigenvalue weighted by Gasteiger charge is -2.37. The molecular weight excluding hydrogens is 386 g/mol. The zero-order chi connectivity index (χ0) is 21.5. The molecule has 0 unspecified atom stereocenters. The Balaban J connectivity index is 1.55. The summed E-state index contributed by atoms with van der Waals surface area (Å²) in [6.07, 6.45) is 3.69. The largest absolute Gasteiger partial charge is 0.467 e. The molecule has 0 aromatic heterocycles. The Morgan fingerprint density at radius 2 is 1.93 bits per heavy atom. The van der Waals surface area contributed by atoms with Crippen LogP contribution in [0.25, 0.3) is 0 Å². The highest BCUT2D eigenvalue weighted by atomic mass is 16.5. The van der Waals surface area contributed by atoms with Crippen LogP contribution in [0.15, 0.2) is 24.3 Å². The standard InChI is InChI=1S/C22H27N3O5/c1-14-7-5-6-10-22(14)20(28)25(21(29)23-22)13-18(26)24-12-16-9-4-3-8-15(16)11-17(24)19(27)30-2/h3-4,8-9,14,17H,5-7,10-13H2,1-2H3,(H,23,29)/t14-,17+,22+/m0/s1. The van der Waals surface area contributed by atoms with Gasteiger partial charge in [0.1, 0.15) is 18.1 Å². The predicted octanol–water partition coefficient (Wildman–Crippen LogP) is 1.61. The lowest BCUT2D eigenvalue weighted by molar-refractivity contribution is -0.154. The van der Waals surface area contributed by atoms with Crippen LogP contribution in [0, 0.1) is 5.92 Å². The van der Waals surface area contributed by atoms with Crippen LogP contribution in [0.4, 0.5) is 4.79 Å². The first kappa shape index (κ1) is 20.4. The second-order valence-electron chi connectivity index (χ2n) is 8.47. The fourth-order valence-corrected chi connectivity index (χ4v) is 5.00. The zero-order valence-electron chi connectivity index (χ0n) is 17.3. The number of carbonyl (C=O) groups is 4. The molecule has 1 saturated carbocycles. The minimum absolute atomic E-state index is 0.0208. The number of imide groups is 1. The summed E-state index contributed by atoms with van der Waals surface area (Å²) in [5, 5.41) is 2.86. The molecule has 2 fully saturated rings. The minimum Gasteiger partial charge on any atom is -0.467 e. The molecule has 0 bridgehead atoms. The van der Waals surface area contributed by atoms with Gasteiger partial charge in [-0.05, 0) is 29.9 Å². The summed E-state index contributed by atoms with van der Waals surface area (Å²) in [7, 11) is 1.29. The second-order valence-corrected chi connectivity index (χ2v) is 8.47. The van der Waals surface area contributed by atoms with Crippen molar-refractivity contribution < 1.29 is 23.9 Å². The molecule has 3 atom stereocenters. The lowest BCUT2D eigenvalue weighted by Crippen LogP contribution is -2.55. The molecule has 1 N–H and O–H groups in total. The van der Waals surface area contributed by atoms with E-state index in [0.717, 1.165) is 35.3 Å². The van der Waals surface area contributed by atoms with E-state index in [-0.39, 0.29) is 24.9 Å². The highest BCUT2D eigenvalue weighted by Gasteiger charge is 2.55. The van der Waals surface area contributed by atoms with Crippen molar-refractivity contribution in [2.45, 2.75) is 57.2 Å². The van der Waals surface area contributed by atoms with Crippen molar-refractivity contribution in [1.29, 1.82) is 0 Å². The van der Waals surface area contributed by atoms with Crippen molar-refractivity contribution in [3.63, 3.8) is 0 Å². The van der Waals surface area contributed by atoms with Crippen molar-refractivity contribution in [2.75, 3.05) is 13.7 Å². The van der Waals surface area contributed by atoms with Gasteiger partial charge in [0.15, 0.2) is 0 Å². The number of esters is 1. The molecule has 1 aromatic rings. The van der Waals surface area contributed by atoms with Gasteiger partial charge >= 0.3 is 12.0 Å². The summed E-state index contributed by atoms with van der Waals surface area (Å²) in [6.45, 7) is 1.83. The van der Waals surface area contributed by atoms with Crippen molar-refractivity contribution in [2.24, 2.45) is 5.92 Å². The van der Waals surface area contributed by atoms with Gasteiger partial charge in [0.2, 0.25) is 5.91 Å². The van der Waals surface area contributed by atoms with E-state index in [0.29, 0.717) is 12.8 Å². The van der Waals surface area contributed by atoms with E-state index < -0.39 is 29.5 Å². The van der Waals surface area contributed by atoms with Gasteiger partial charge in [0.05, 0.1) is 7.11 Å². The first-order valence-electron chi connectivity index (χ1n) is 10.5. The van der Waals surface area contributed by atoms with Crippen molar-refractivity contribution in [3.8, 4) is 0 Å².